The van der Waals surface area contributed by atoms with Crippen LogP contribution in [0.25, 0.3) is 0 Å². The smallest absolute Gasteiger partial charge is 0.248 e. The molecule has 3 rings (SSSR count). The van der Waals surface area contributed by atoms with Crippen molar-refractivity contribution < 1.29 is 0 Å². The van der Waals surface area contributed by atoms with Gasteiger partial charge in [0.25, 0.3) is 0 Å². The van der Waals surface area contributed by atoms with Gasteiger partial charge in [-0.3, -0.25) is 4.79 Å². The van der Waals surface area contributed by atoms with Crippen molar-refractivity contribution in [2.45, 2.75) is 37.8 Å². The zero-order valence-corrected chi connectivity index (χ0v) is 10.6. The van der Waals surface area contributed by atoms with Gasteiger partial charge in [-0.15, -0.1) is 0 Å². The van der Waals surface area contributed by atoms with E-state index in [2.05, 4.69) is 11.1 Å². The van der Waals surface area contributed by atoms with Crippen molar-refractivity contribution in [2.75, 3.05) is 0 Å². The van der Waals surface area contributed by atoms with Crippen molar-refractivity contribution in [1.29, 1.82) is 0 Å². The fraction of sp³-hybridized carbons (Fsp3) is 0.500. The third-order valence-electron chi connectivity index (χ3n) is 4.37. The monoisotopic (exact) mass is 245 g/mol. The first kappa shape index (κ1) is 11.7. The number of H-pyrrole nitrogens is 1. The first-order valence-electron chi connectivity index (χ1n) is 6.48. The average molecular weight is 245 g/mol. The molecule has 1 saturated carbocycles. The van der Waals surface area contributed by atoms with Crippen LogP contribution in [0, 0.1) is 5.92 Å². The maximum atomic E-state index is 11.4. The number of pyridine rings is 1. The molecule has 2 bridgehead atoms. The molecule has 0 unspecified atom stereocenters. The van der Waals surface area contributed by atoms with E-state index in [1.165, 1.54) is 5.57 Å². The largest absolute Gasteiger partial charge is 0.328 e. The second-order valence-electron chi connectivity index (χ2n) is 5.53. The Kier molecular flexibility index (Phi) is 2.47. The molecule has 4 nitrogen and oxygen atoms in total. The molecule has 3 atom stereocenters. The number of hydrogen-bond donors (Lipinski definition) is 3. The van der Waals surface area contributed by atoms with Crippen molar-refractivity contribution >= 4 is 0 Å². The summed E-state index contributed by atoms with van der Waals surface area (Å²) in [5.41, 5.74) is 15.5. The van der Waals surface area contributed by atoms with Crippen LogP contribution in [-0.4, -0.2) is 11.0 Å². The SMILES string of the molecule is CC=C1[C@H]2Cc3[nH]c(=O)ccc3[C@]1(N)C[C@@H](N)C2. The Bertz CT molecular complexity index is 575. The Balaban J connectivity index is 2.23. The third kappa shape index (κ3) is 1.49. The van der Waals surface area contributed by atoms with Gasteiger partial charge in [-0.25, -0.2) is 0 Å². The molecular formula is C14H19N3O. The lowest BCUT2D eigenvalue weighted by molar-refractivity contribution is 0.266. The molecular weight excluding hydrogens is 226 g/mol. The molecule has 1 aromatic heterocycles. The average Bonchev–Trinajstić information content (AvgIpc) is 2.26. The van der Waals surface area contributed by atoms with Crippen LogP contribution in [0.5, 0.6) is 0 Å². The van der Waals surface area contributed by atoms with E-state index < -0.39 is 5.54 Å². The van der Waals surface area contributed by atoms with Crippen LogP contribution in [0.2, 0.25) is 0 Å². The Labute approximate surface area is 106 Å². The van der Waals surface area contributed by atoms with Crippen molar-refractivity contribution in [1.82, 2.24) is 4.98 Å². The van der Waals surface area contributed by atoms with E-state index in [9.17, 15) is 4.79 Å². The maximum absolute atomic E-state index is 11.4. The zero-order valence-electron chi connectivity index (χ0n) is 10.6. The van der Waals surface area contributed by atoms with E-state index in [1.54, 1.807) is 6.07 Å². The molecule has 18 heavy (non-hydrogen) atoms. The van der Waals surface area contributed by atoms with Crippen LogP contribution < -0.4 is 17.0 Å². The Morgan fingerprint density at radius 3 is 3.00 bits per heavy atom. The van der Waals surface area contributed by atoms with Crippen molar-refractivity contribution in [3.63, 3.8) is 0 Å². The van der Waals surface area contributed by atoms with Crippen LogP contribution in [0.15, 0.2) is 28.6 Å². The summed E-state index contributed by atoms with van der Waals surface area (Å²) in [7, 11) is 0. The highest BCUT2D eigenvalue weighted by Crippen LogP contribution is 2.47. The van der Waals surface area contributed by atoms with E-state index in [4.69, 9.17) is 11.5 Å². The number of rotatable bonds is 0. The molecule has 1 fully saturated rings. The molecule has 0 spiro atoms. The van der Waals surface area contributed by atoms with Crippen molar-refractivity contribution in [2.24, 2.45) is 17.4 Å². The highest BCUT2D eigenvalue weighted by Gasteiger charge is 2.46. The summed E-state index contributed by atoms with van der Waals surface area (Å²) in [6.07, 6.45) is 4.68. The van der Waals surface area contributed by atoms with Crippen LogP contribution in [0.4, 0.5) is 0 Å². The molecule has 2 aliphatic rings. The first-order valence-corrected chi connectivity index (χ1v) is 6.48. The molecule has 1 heterocycles. The van der Waals surface area contributed by atoms with Gasteiger partial charge in [-0.05, 0) is 49.3 Å². The molecule has 96 valence electrons. The van der Waals surface area contributed by atoms with E-state index in [1.807, 2.05) is 13.0 Å². The molecule has 2 aliphatic carbocycles. The number of aromatic nitrogens is 1. The molecule has 4 heteroatoms. The number of fused-ring (bicyclic) bond motifs is 4. The summed E-state index contributed by atoms with van der Waals surface area (Å²) in [5.74, 6) is 0.370. The highest BCUT2D eigenvalue weighted by molar-refractivity contribution is 5.45. The molecule has 5 N–H and O–H groups in total. The van der Waals surface area contributed by atoms with Gasteiger partial charge < -0.3 is 16.5 Å². The summed E-state index contributed by atoms with van der Waals surface area (Å²) in [4.78, 5) is 14.4. The minimum Gasteiger partial charge on any atom is -0.328 e. The quantitative estimate of drug-likeness (QED) is 0.590. The fourth-order valence-electron chi connectivity index (χ4n) is 3.77. The van der Waals surface area contributed by atoms with Crippen LogP contribution in [0.3, 0.4) is 0 Å². The van der Waals surface area contributed by atoms with Crippen LogP contribution in [0.1, 0.15) is 31.0 Å². The van der Waals surface area contributed by atoms with Crippen LogP contribution in [-0.2, 0) is 12.0 Å². The fourth-order valence-corrected chi connectivity index (χ4v) is 3.77. The van der Waals surface area contributed by atoms with Gasteiger partial charge in [-0.2, -0.15) is 0 Å². The number of aromatic amines is 1. The summed E-state index contributed by atoms with van der Waals surface area (Å²) < 4.78 is 0. The van der Waals surface area contributed by atoms with E-state index in [0.717, 1.165) is 30.5 Å². The van der Waals surface area contributed by atoms with Gasteiger partial charge >= 0.3 is 0 Å². The van der Waals surface area contributed by atoms with Gasteiger partial charge in [0.1, 0.15) is 0 Å². The van der Waals surface area contributed by atoms with E-state index in [-0.39, 0.29) is 11.6 Å². The molecule has 0 radical (unpaired) electrons. The lowest BCUT2D eigenvalue weighted by atomic mass is 9.61. The first-order chi connectivity index (χ1) is 8.54. The Morgan fingerprint density at radius 2 is 2.28 bits per heavy atom. The maximum Gasteiger partial charge on any atom is 0.248 e. The lowest BCUT2D eigenvalue weighted by Crippen LogP contribution is -2.54. The van der Waals surface area contributed by atoms with Crippen molar-refractivity contribution in [3.05, 3.63) is 45.4 Å². The van der Waals surface area contributed by atoms with E-state index >= 15 is 0 Å². The van der Waals surface area contributed by atoms with Gasteiger partial charge in [0, 0.05) is 17.8 Å². The van der Waals surface area contributed by atoms with Gasteiger partial charge in [0.05, 0.1) is 5.54 Å². The predicted octanol–water partition coefficient (Wildman–Crippen LogP) is 0.769. The molecule has 0 aliphatic heterocycles. The molecule has 0 amide bonds. The predicted molar refractivity (Wildman–Crippen MR) is 71.1 cm³/mol. The second-order valence-corrected chi connectivity index (χ2v) is 5.53. The second kappa shape index (κ2) is 3.80. The number of nitrogens with one attached hydrogen (secondary N) is 1. The Morgan fingerprint density at radius 1 is 1.50 bits per heavy atom. The number of nitrogens with two attached hydrogens (primary N) is 2. The molecule has 0 aromatic carbocycles. The van der Waals surface area contributed by atoms with Gasteiger partial charge in [0.2, 0.25) is 5.56 Å². The minimum absolute atomic E-state index is 0.0522. The molecule has 1 aromatic rings. The summed E-state index contributed by atoms with van der Waals surface area (Å²) in [6, 6.07) is 3.57. The highest BCUT2D eigenvalue weighted by atomic mass is 16.1. The number of hydrogen-bond acceptors (Lipinski definition) is 3. The standard InChI is InChI=1S/C14H19N3O/c1-2-10-8-5-9(15)7-14(10,16)11-3-4-13(18)17-12(11)6-8/h2-4,8-9H,5-7,15-16H2,1H3,(H,17,18)/t8-,9+,14+/m1/s1. The Hall–Kier alpha value is -1.39. The number of allylic oxidation sites excluding steroid dienone is 1. The van der Waals surface area contributed by atoms with E-state index in [0.29, 0.717) is 5.92 Å². The van der Waals surface area contributed by atoms with Gasteiger partial charge in [-0.1, -0.05) is 6.08 Å². The minimum atomic E-state index is -0.491. The summed E-state index contributed by atoms with van der Waals surface area (Å²) in [5, 5.41) is 0. The third-order valence-corrected chi connectivity index (χ3v) is 4.37. The van der Waals surface area contributed by atoms with Gasteiger partial charge in [0.15, 0.2) is 0 Å². The lowest BCUT2D eigenvalue weighted by Gasteiger charge is -2.48. The summed E-state index contributed by atoms with van der Waals surface area (Å²) >= 11 is 0. The normalized spacial score (nSPS) is 36.5. The summed E-state index contributed by atoms with van der Waals surface area (Å²) in [6.45, 7) is 2.04. The molecule has 0 saturated heterocycles. The topological polar surface area (TPSA) is 84.9 Å². The van der Waals surface area contributed by atoms with Crippen LogP contribution >= 0.6 is 0 Å². The zero-order chi connectivity index (χ0) is 12.9. The van der Waals surface area contributed by atoms with Crippen molar-refractivity contribution in [3.8, 4) is 0 Å².